The summed E-state index contributed by atoms with van der Waals surface area (Å²) in [4.78, 5) is 11.9. The van der Waals surface area contributed by atoms with Crippen LogP contribution < -0.4 is 0 Å². The lowest BCUT2D eigenvalue weighted by atomic mass is 10.0. The van der Waals surface area contributed by atoms with Gasteiger partial charge in [-0.1, -0.05) is 121 Å². The van der Waals surface area contributed by atoms with Crippen molar-refractivity contribution in [2.24, 2.45) is 0 Å². The summed E-state index contributed by atoms with van der Waals surface area (Å²) in [5.74, 6) is 0.139. The van der Waals surface area contributed by atoms with E-state index in [1.54, 1.807) is 6.92 Å². The van der Waals surface area contributed by atoms with Gasteiger partial charge in [-0.25, -0.2) is 0 Å². The Hall–Kier alpha value is -2.09. The number of para-hydroxylation sites is 1. The summed E-state index contributed by atoms with van der Waals surface area (Å²) >= 11 is 0. The molecule has 174 valence electrons. The van der Waals surface area contributed by atoms with Crippen molar-refractivity contribution in [2.45, 2.75) is 110 Å². The van der Waals surface area contributed by atoms with E-state index in [1.165, 1.54) is 112 Å². The fourth-order valence-electron chi connectivity index (χ4n) is 4.97. The molecule has 0 aliphatic heterocycles. The standard InChI is InChI=1S/C30H43NO/c1-3-4-5-6-7-8-9-10-11-12-13-14-15-18-23-31-29-20-17-16-19-27(29)28-22-21-26(25(2)32)24-30(28)31/h16-17,19-22,24H,3-15,18,23H2,1-2H3. The molecule has 0 N–H and O–H groups in total. The van der Waals surface area contributed by atoms with Crippen molar-refractivity contribution in [3.05, 3.63) is 48.0 Å². The highest BCUT2D eigenvalue weighted by molar-refractivity contribution is 6.10. The molecule has 0 aliphatic carbocycles. The molecule has 0 saturated heterocycles. The zero-order valence-electron chi connectivity index (χ0n) is 20.5. The van der Waals surface area contributed by atoms with Crippen LogP contribution in [0, 0.1) is 0 Å². The van der Waals surface area contributed by atoms with Crippen molar-refractivity contribution in [1.29, 1.82) is 0 Å². The third-order valence-corrected chi connectivity index (χ3v) is 6.92. The van der Waals surface area contributed by atoms with Crippen molar-refractivity contribution in [3.8, 4) is 0 Å². The Morgan fingerprint density at radius 3 is 1.78 bits per heavy atom. The van der Waals surface area contributed by atoms with E-state index < -0.39 is 0 Å². The third kappa shape index (κ3) is 6.95. The lowest BCUT2D eigenvalue weighted by Crippen LogP contribution is -1.99. The molecule has 0 radical (unpaired) electrons. The predicted octanol–water partition coefficient (Wildman–Crippen LogP) is 9.48. The molecule has 0 amide bonds. The number of hydrogen-bond donors (Lipinski definition) is 0. The fraction of sp³-hybridized carbons (Fsp3) is 0.567. The van der Waals surface area contributed by atoms with Crippen LogP contribution >= 0.6 is 0 Å². The Morgan fingerprint density at radius 2 is 1.19 bits per heavy atom. The SMILES string of the molecule is CCCCCCCCCCCCCCCCn1c2ccccc2c2ccc(C(C)=O)cc21. The Bertz CT molecular complexity index is 968. The third-order valence-electron chi connectivity index (χ3n) is 6.92. The van der Waals surface area contributed by atoms with Gasteiger partial charge in [0.25, 0.3) is 0 Å². The molecule has 3 aromatic rings. The fourth-order valence-corrected chi connectivity index (χ4v) is 4.97. The zero-order chi connectivity index (χ0) is 22.6. The highest BCUT2D eigenvalue weighted by Crippen LogP contribution is 2.30. The lowest BCUT2D eigenvalue weighted by Gasteiger charge is -2.08. The van der Waals surface area contributed by atoms with E-state index in [0.717, 1.165) is 12.1 Å². The largest absolute Gasteiger partial charge is 0.340 e. The number of fused-ring (bicyclic) bond motifs is 3. The summed E-state index contributed by atoms with van der Waals surface area (Å²) in [6, 6.07) is 14.8. The number of benzene rings is 2. The maximum Gasteiger partial charge on any atom is 0.159 e. The van der Waals surface area contributed by atoms with Gasteiger partial charge in [-0.15, -0.1) is 0 Å². The summed E-state index contributed by atoms with van der Waals surface area (Å²) in [6.45, 7) is 4.97. The molecule has 0 saturated carbocycles. The number of rotatable bonds is 16. The first-order valence-corrected chi connectivity index (χ1v) is 13.2. The van der Waals surface area contributed by atoms with E-state index in [9.17, 15) is 4.79 Å². The normalized spacial score (nSPS) is 11.6. The van der Waals surface area contributed by atoms with Crippen LogP contribution in [0.25, 0.3) is 21.8 Å². The molecule has 1 aromatic heterocycles. The number of aromatic nitrogens is 1. The highest BCUT2D eigenvalue weighted by atomic mass is 16.1. The summed E-state index contributed by atoms with van der Waals surface area (Å²) in [5.41, 5.74) is 3.30. The summed E-state index contributed by atoms with van der Waals surface area (Å²) in [6.07, 6.45) is 19.4. The molecule has 0 bridgehead atoms. The van der Waals surface area contributed by atoms with Gasteiger partial charge in [-0.3, -0.25) is 4.79 Å². The van der Waals surface area contributed by atoms with Crippen molar-refractivity contribution >= 4 is 27.6 Å². The number of carbonyl (C=O) groups is 1. The number of ketones is 1. The molecule has 0 atom stereocenters. The maximum atomic E-state index is 11.9. The van der Waals surface area contributed by atoms with Crippen LogP contribution in [0.5, 0.6) is 0 Å². The smallest absolute Gasteiger partial charge is 0.159 e. The average molecular weight is 434 g/mol. The van der Waals surface area contributed by atoms with Crippen LogP contribution in [0.1, 0.15) is 114 Å². The van der Waals surface area contributed by atoms with Crippen LogP contribution in [0.15, 0.2) is 42.5 Å². The predicted molar refractivity (Wildman–Crippen MR) is 140 cm³/mol. The van der Waals surface area contributed by atoms with Gasteiger partial charge in [0.15, 0.2) is 5.78 Å². The van der Waals surface area contributed by atoms with Gasteiger partial charge in [-0.05, 0) is 25.5 Å². The van der Waals surface area contributed by atoms with Crippen LogP contribution in [-0.4, -0.2) is 10.4 Å². The van der Waals surface area contributed by atoms with E-state index in [0.29, 0.717) is 0 Å². The molecule has 2 aromatic carbocycles. The Morgan fingerprint density at radius 1 is 0.656 bits per heavy atom. The minimum Gasteiger partial charge on any atom is -0.340 e. The second-order valence-electron chi connectivity index (χ2n) is 9.55. The molecular formula is C30H43NO. The van der Waals surface area contributed by atoms with E-state index >= 15 is 0 Å². The topological polar surface area (TPSA) is 22.0 Å². The van der Waals surface area contributed by atoms with Crippen molar-refractivity contribution < 1.29 is 4.79 Å². The average Bonchev–Trinajstić information content (AvgIpc) is 3.12. The van der Waals surface area contributed by atoms with Crippen LogP contribution in [-0.2, 0) is 6.54 Å². The first-order valence-electron chi connectivity index (χ1n) is 13.2. The minimum absolute atomic E-state index is 0.139. The first kappa shape index (κ1) is 24.6. The summed E-state index contributed by atoms with van der Waals surface area (Å²) in [7, 11) is 0. The molecule has 0 unspecified atom stereocenters. The van der Waals surface area contributed by atoms with E-state index in [-0.39, 0.29) is 5.78 Å². The molecule has 2 nitrogen and oxygen atoms in total. The lowest BCUT2D eigenvalue weighted by molar-refractivity contribution is 0.101. The second-order valence-corrected chi connectivity index (χ2v) is 9.55. The summed E-state index contributed by atoms with van der Waals surface area (Å²) in [5, 5.41) is 2.55. The number of hydrogen-bond acceptors (Lipinski definition) is 1. The quantitative estimate of drug-likeness (QED) is 0.163. The molecule has 0 fully saturated rings. The number of unbranched alkanes of at least 4 members (excludes halogenated alkanes) is 13. The van der Waals surface area contributed by atoms with Gasteiger partial charge in [-0.2, -0.15) is 0 Å². The number of Topliss-reactive ketones (excluding diaryl/α,β-unsaturated/α-hetero) is 1. The van der Waals surface area contributed by atoms with Crippen molar-refractivity contribution in [3.63, 3.8) is 0 Å². The number of carbonyl (C=O) groups excluding carboxylic acids is 1. The van der Waals surface area contributed by atoms with Gasteiger partial charge < -0.3 is 4.57 Å². The van der Waals surface area contributed by atoms with Gasteiger partial charge >= 0.3 is 0 Å². The molecule has 0 aliphatic rings. The molecule has 32 heavy (non-hydrogen) atoms. The summed E-state index contributed by atoms with van der Waals surface area (Å²) < 4.78 is 2.43. The first-order chi connectivity index (χ1) is 15.7. The zero-order valence-corrected chi connectivity index (χ0v) is 20.5. The van der Waals surface area contributed by atoms with Crippen LogP contribution in [0.2, 0.25) is 0 Å². The van der Waals surface area contributed by atoms with Gasteiger partial charge in [0.2, 0.25) is 0 Å². The molecular weight excluding hydrogens is 390 g/mol. The Balaban J connectivity index is 1.38. The van der Waals surface area contributed by atoms with Crippen molar-refractivity contribution in [2.75, 3.05) is 0 Å². The Kier molecular flexibility index (Phi) is 10.3. The molecule has 3 rings (SSSR count). The van der Waals surface area contributed by atoms with Gasteiger partial charge in [0, 0.05) is 33.9 Å². The van der Waals surface area contributed by atoms with Crippen LogP contribution in [0.3, 0.4) is 0 Å². The van der Waals surface area contributed by atoms with Gasteiger partial charge in [0.05, 0.1) is 0 Å². The number of nitrogens with zero attached hydrogens (tertiary/aromatic N) is 1. The Labute approximate surface area is 195 Å². The minimum atomic E-state index is 0.139. The van der Waals surface area contributed by atoms with Crippen LogP contribution in [0.4, 0.5) is 0 Å². The van der Waals surface area contributed by atoms with Crippen molar-refractivity contribution in [1.82, 2.24) is 4.57 Å². The monoisotopic (exact) mass is 433 g/mol. The molecule has 2 heteroatoms. The van der Waals surface area contributed by atoms with E-state index in [2.05, 4.69) is 47.9 Å². The second kappa shape index (κ2) is 13.5. The van der Waals surface area contributed by atoms with Gasteiger partial charge in [0.1, 0.15) is 0 Å². The highest BCUT2D eigenvalue weighted by Gasteiger charge is 2.11. The van der Waals surface area contributed by atoms with E-state index in [1.807, 2.05) is 6.07 Å². The maximum absolute atomic E-state index is 11.9. The molecule has 0 spiro atoms. The molecule has 1 heterocycles. The number of aryl methyl sites for hydroxylation is 1. The van der Waals surface area contributed by atoms with E-state index in [4.69, 9.17) is 0 Å².